The van der Waals surface area contributed by atoms with Gasteiger partial charge in [-0.05, 0) is 67.6 Å². The number of nitrogens with zero attached hydrogens (tertiary/aromatic N) is 1. The predicted octanol–water partition coefficient (Wildman–Crippen LogP) is 3.31. The number of amides is 2. The number of aromatic carboxylic acids is 1. The summed E-state index contributed by atoms with van der Waals surface area (Å²) >= 11 is 3.15. The lowest BCUT2D eigenvalue weighted by molar-refractivity contribution is -0.131. The third-order valence-electron chi connectivity index (χ3n) is 7.89. The van der Waals surface area contributed by atoms with Crippen molar-refractivity contribution in [2.45, 2.75) is 37.1 Å². The maximum Gasteiger partial charge on any atom is 0.337 e. The number of carboxylic acids is 1. The molecule has 0 bridgehead atoms. The van der Waals surface area contributed by atoms with Crippen LogP contribution < -0.4 is 28.3 Å². The molecule has 0 unspecified atom stereocenters. The number of nitrogen functional groups attached to an aromatic ring is 3. The summed E-state index contributed by atoms with van der Waals surface area (Å²) in [5.74, 6) is -1.80. The number of nitrogens with one attached hydrogen (secondary N) is 2. The van der Waals surface area contributed by atoms with Crippen LogP contribution in [-0.2, 0) is 10.2 Å². The summed E-state index contributed by atoms with van der Waals surface area (Å²) < 4.78 is 0.712. The van der Waals surface area contributed by atoms with Crippen molar-refractivity contribution in [1.29, 1.82) is 5.41 Å². The van der Waals surface area contributed by atoms with E-state index in [0.717, 1.165) is 25.7 Å². The first-order valence-electron chi connectivity index (χ1n) is 13.7. The van der Waals surface area contributed by atoms with Crippen molar-refractivity contribution in [3.8, 4) is 0 Å². The van der Waals surface area contributed by atoms with Gasteiger partial charge >= 0.3 is 5.97 Å². The molecule has 1 saturated carbocycles. The van der Waals surface area contributed by atoms with Gasteiger partial charge in [-0.1, -0.05) is 46.3 Å². The van der Waals surface area contributed by atoms with Gasteiger partial charge in [-0.2, -0.15) is 0 Å². The number of halogens is 1. The minimum atomic E-state index is -1.01. The van der Waals surface area contributed by atoms with E-state index in [0.29, 0.717) is 16.6 Å². The van der Waals surface area contributed by atoms with Crippen LogP contribution in [-0.4, -0.2) is 59.8 Å². The van der Waals surface area contributed by atoms with E-state index in [9.17, 15) is 14.4 Å². The molecule has 11 nitrogen and oxygen atoms in total. The van der Waals surface area contributed by atoms with Crippen LogP contribution in [0.5, 0.6) is 0 Å². The molecule has 0 saturated heterocycles. The van der Waals surface area contributed by atoms with Crippen LogP contribution in [0.4, 0.5) is 11.4 Å². The Bertz CT molecular complexity index is 1470. The number of carboxylic acid groups (broad SMARTS) is 1. The molecular weight excluding hydrogens is 614 g/mol. The summed E-state index contributed by atoms with van der Waals surface area (Å²) in [7, 11) is 1.78. The van der Waals surface area contributed by atoms with Crippen LogP contribution in [0.25, 0.3) is 0 Å². The molecule has 0 aliphatic heterocycles. The molecule has 11 N–H and O–H groups in total. The monoisotopic (exact) mass is 651 g/mol. The van der Waals surface area contributed by atoms with E-state index in [1.54, 1.807) is 30.1 Å². The molecule has 0 heterocycles. The Morgan fingerprint density at radius 3 is 2.16 bits per heavy atom. The molecule has 3 aromatic carbocycles. The fourth-order valence-electron chi connectivity index (χ4n) is 5.16. The average molecular weight is 653 g/mol. The van der Waals surface area contributed by atoms with E-state index in [4.69, 9.17) is 33.5 Å². The smallest absolute Gasteiger partial charge is 0.337 e. The summed E-state index contributed by atoms with van der Waals surface area (Å²) in [6, 6.07) is 19.7. The number of hydrogen-bond acceptors (Lipinski definition) is 7. The number of hydrogen-bond donors (Lipinski definition) is 7. The van der Waals surface area contributed by atoms with Gasteiger partial charge in [-0.15, -0.1) is 0 Å². The third kappa shape index (κ3) is 8.33. The van der Waals surface area contributed by atoms with E-state index in [-0.39, 0.29) is 52.2 Å². The van der Waals surface area contributed by atoms with E-state index in [2.05, 4.69) is 33.4 Å². The average Bonchev–Trinajstić information content (AvgIpc) is 3.01. The second-order valence-corrected chi connectivity index (χ2v) is 11.4. The Morgan fingerprint density at radius 1 is 1.00 bits per heavy atom. The van der Waals surface area contributed by atoms with Gasteiger partial charge in [0.15, 0.2) is 0 Å². The van der Waals surface area contributed by atoms with Crippen LogP contribution in [0.2, 0.25) is 0 Å². The fourth-order valence-corrected chi connectivity index (χ4v) is 5.52. The highest BCUT2D eigenvalue weighted by Crippen LogP contribution is 2.39. The normalized spacial score (nSPS) is 17.6. The number of anilines is 2. The molecule has 0 spiro atoms. The van der Waals surface area contributed by atoms with Gasteiger partial charge in [-0.25, -0.2) is 4.79 Å². The number of likely N-dealkylation sites (N-methyl/N-ethyl adjacent to an activating group) is 1. The molecule has 1 aliphatic carbocycles. The molecule has 1 aliphatic rings. The van der Waals surface area contributed by atoms with Gasteiger partial charge in [-0.3, -0.25) is 15.0 Å². The first-order valence-corrected chi connectivity index (χ1v) is 14.5. The zero-order chi connectivity index (χ0) is 31.7. The summed E-state index contributed by atoms with van der Waals surface area (Å²) in [6.45, 7) is 0.453. The summed E-state index contributed by atoms with van der Waals surface area (Å²) in [4.78, 5) is 37.5. The second kappa shape index (κ2) is 14.7. The summed E-state index contributed by atoms with van der Waals surface area (Å²) in [6.07, 6.45) is 3.54. The molecule has 228 valence electrons. The number of carbonyl (C=O) groups is 3. The van der Waals surface area contributed by atoms with Crippen molar-refractivity contribution in [2.24, 2.45) is 11.5 Å². The molecule has 0 radical (unpaired) electrons. The summed E-state index contributed by atoms with van der Waals surface area (Å²) in [5.41, 5.74) is 25.4. The molecule has 0 atom stereocenters. The van der Waals surface area contributed by atoms with Crippen molar-refractivity contribution < 1.29 is 19.5 Å². The minimum absolute atomic E-state index is 0.0465. The van der Waals surface area contributed by atoms with Crippen molar-refractivity contribution in [2.75, 3.05) is 31.6 Å². The van der Waals surface area contributed by atoms with Crippen LogP contribution >= 0.6 is 15.9 Å². The quantitative estimate of drug-likeness (QED) is 0.109. The largest absolute Gasteiger partial charge is 0.478 e. The van der Waals surface area contributed by atoms with Crippen molar-refractivity contribution in [1.82, 2.24) is 10.2 Å². The zero-order valence-corrected chi connectivity index (χ0v) is 25.6. The van der Waals surface area contributed by atoms with E-state index < -0.39 is 11.9 Å². The lowest BCUT2D eigenvalue weighted by Crippen LogP contribution is -2.48. The molecule has 0 aromatic heterocycles. The van der Waals surface area contributed by atoms with Crippen LogP contribution in [0, 0.1) is 5.41 Å². The molecule has 4 rings (SSSR count). The van der Waals surface area contributed by atoms with Crippen molar-refractivity contribution in [3.05, 3.63) is 93.5 Å². The number of benzene rings is 3. The van der Waals surface area contributed by atoms with Gasteiger partial charge in [0, 0.05) is 46.5 Å². The van der Waals surface area contributed by atoms with Gasteiger partial charge in [0.2, 0.25) is 5.91 Å². The first kappa shape index (κ1) is 33.1. The lowest BCUT2D eigenvalue weighted by atomic mass is 9.68. The SMILES string of the molecule is CN(C(=O)CNC(=O)c1cc(C(=N)N)ccc1N)C1CCC(CN)(c2ccccc2)CC1.Nc1ccc(Br)cc1C(=O)O. The van der Waals surface area contributed by atoms with Gasteiger partial charge in [0.05, 0.1) is 17.7 Å². The number of carbonyl (C=O) groups excluding carboxylic acids is 2. The Morgan fingerprint density at radius 2 is 1.60 bits per heavy atom. The molecule has 2 amide bonds. The minimum Gasteiger partial charge on any atom is -0.478 e. The molecule has 3 aromatic rings. The lowest BCUT2D eigenvalue weighted by Gasteiger charge is -2.42. The fraction of sp³-hybridized carbons (Fsp3) is 0.290. The highest BCUT2D eigenvalue weighted by molar-refractivity contribution is 9.10. The zero-order valence-electron chi connectivity index (χ0n) is 24.0. The Balaban J connectivity index is 0.000000386. The number of rotatable bonds is 8. The van der Waals surface area contributed by atoms with E-state index in [1.165, 1.54) is 23.8 Å². The highest BCUT2D eigenvalue weighted by atomic mass is 79.9. The molecule has 1 fully saturated rings. The standard InChI is InChI=1S/C24H32N6O2.C7H6BrNO2/c1-30(18-9-11-24(15-25,12-10-18)17-5-3-2-4-6-17)21(31)14-29-23(32)19-13-16(22(27)28)7-8-20(19)26;8-4-1-2-6(9)5(3-4)7(10)11/h2-8,13,18H,9-12,14-15,25-26H2,1H3,(H3,27,28)(H,29,32);1-3H,9H2,(H,10,11). The van der Waals surface area contributed by atoms with Crippen LogP contribution in [0.3, 0.4) is 0 Å². The van der Waals surface area contributed by atoms with Crippen LogP contribution in [0.15, 0.2) is 71.2 Å². The van der Waals surface area contributed by atoms with Crippen molar-refractivity contribution in [3.63, 3.8) is 0 Å². The van der Waals surface area contributed by atoms with Gasteiger partial charge < -0.3 is 38.3 Å². The second-order valence-electron chi connectivity index (χ2n) is 10.5. The first-order chi connectivity index (χ1) is 20.4. The Labute approximate surface area is 259 Å². The molecule has 12 heteroatoms. The molecule has 43 heavy (non-hydrogen) atoms. The maximum atomic E-state index is 12.7. The number of amidine groups is 1. The predicted molar refractivity (Wildman–Crippen MR) is 172 cm³/mol. The van der Waals surface area contributed by atoms with Gasteiger partial charge in [0.25, 0.3) is 5.91 Å². The van der Waals surface area contributed by atoms with E-state index in [1.807, 2.05) is 18.2 Å². The van der Waals surface area contributed by atoms with Gasteiger partial charge in [0.1, 0.15) is 5.84 Å². The highest BCUT2D eigenvalue weighted by Gasteiger charge is 2.37. The Hall–Kier alpha value is -4.42. The Kier molecular flexibility index (Phi) is 11.3. The van der Waals surface area contributed by atoms with E-state index >= 15 is 0 Å². The van der Waals surface area contributed by atoms with Crippen LogP contribution in [0.1, 0.15) is 57.5 Å². The third-order valence-corrected chi connectivity index (χ3v) is 8.38. The van der Waals surface area contributed by atoms with Crippen molar-refractivity contribution >= 4 is 50.9 Å². The topological polar surface area (TPSA) is 215 Å². The molecular formula is C31H38BrN7O4. The summed E-state index contributed by atoms with van der Waals surface area (Å²) in [5, 5.41) is 18.7. The maximum absolute atomic E-state index is 12.7. The number of nitrogens with two attached hydrogens (primary N) is 4.